The molecule has 0 saturated carbocycles. The largest absolute Gasteiger partial charge is 0.497 e. The lowest BCUT2D eigenvalue weighted by Gasteiger charge is -2.19. The molecule has 1 atom stereocenters. The summed E-state index contributed by atoms with van der Waals surface area (Å²) in [6.07, 6.45) is 0. The summed E-state index contributed by atoms with van der Waals surface area (Å²) >= 11 is 3.41. The Hall–Kier alpha value is -3.16. The molecule has 0 bridgehead atoms. The first-order valence-corrected chi connectivity index (χ1v) is 10.5. The van der Waals surface area contributed by atoms with Crippen molar-refractivity contribution in [2.45, 2.75) is 13.0 Å². The molecule has 0 aromatic heterocycles. The smallest absolute Gasteiger partial charge is 0.246 e. The molecule has 31 heavy (non-hydrogen) atoms. The van der Waals surface area contributed by atoms with Gasteiger partial charge in [-0.3, -0.25) is 14.9 Å². The lowest BCUT2D eigenvalue weighted by molar-refractivity contribution is -0.119. The zero-order valence-electron chi connectivity index (χ0n) is 17.3. The highest BCUT2D eigenvalue weighted by atomic mass is 79.9. The van der Waals surface area contributed by atoms with E-state index in [-0.39, 0.29) is 18.4 Å². The van der Waals surface area contributed by atoms with Crippen LogP contribution in [0.4, 0.5) is 11.4 Å². The van der Waals surface area contributed by atoms with E-state index in [9.17, 15) is 9.59 Å². The molecule has 2 amide bonds. The molecule has 0 aliphatic rings. The summed E-state index contributed by atoms with van der Waals surface area (Å²) in [5, 5.41) is 8.83. The number of hydrogen-bond donors (Lipinski definition) is 3. The maximum atomic E-state index is 13.0. The van der Waals surface area contributed by atoms with Crippen LogP contribution in [-0.4, -0.2) is 25.5 Å². The van der Waals surface area contributed by atoms with Crippen LogP contribution in [0.5, 0.6) is 5.75 Å². The summed E-state index contributed by atoms with van der Waals surface area (Å²) in [4.78, 5) is 25.5. The number of amides is 2. The van der Waals surface area contributed by atoms with E-state index in [0.29, 0.717) is 11.4 Å². The predicted molar refractivity (Wildman–Crippen MR) is 126 cm³/mol. The fraction of sp³-hybridized carbons (Fsp3) is 0.167. The molecule has 0 radical (unpaired) electrons. The summed E-state index contributed by atoms with van der Waals surface area (Å²) in [6.45, 7) is 1.89. The van der Waals surface area contributed by atoms with Crippen molar-refractivity contribution in [3.8, 4) is 5.75 Å². The molecule has 3 aromatic carbocycles. The first-order chi connectivity index (χ1) is 15.0. The second-order valence-corrected chi connectivity index (χ2v) is 7.87. The molecular weight excluding hydrogens is 458 g/mol. The molecule has 0 spiro atoms. The van der Waals surface area contributed by atoms with Gasteiger partial charge in [0, 0.05) is 21.9 Å². The maximum absolute atomic E-state index is 13.0. The molecule has 0 heterocycles. The Morgan fingerprint density at radius 1 is 0.968 bits per heavy atom. The predicted octanol–water partition coefficient (Wildman–Crippen LogP) is 4.67. The zero-order chi connectivity index (χ0) is 22.2. The van der Waals surface area contributed by atoms with E-state index in [2.05, 4.69) is 31.9 Å². The van der Waals surface area contributed by atoms with E-state index in [4.69, 9.17) is 4.74 Å². The fourth-order valence-corrected chi connectivity index (χ4v) is 3.55. The monoisotopic (exact) mass is 481 g/mol. The van der Waals surface area contributed by atoms with Crippen LogP contribution < -0.4 is 20.7 Å². The van der Waals surface area contributed by atoms with E-state index in [0.717, 1.165) is 21.3 Å². The van der Waals surface area contributed by atoms with Gasteiger partial charge >= 0.3 is 0 Å². The highest BCUT2D eigenvalue weighted by Gasteiger charge is 2.21. The summed E-state index contributed by atoms with van der Waals surface area (Å²) < 4.78 is 6.16. The number of carbonyl (C=O) groups excluding carboxylic acids is 2. The highest BCUT2D eigenvalue weighted by Crippen LogP contribution is 2.21. The van der Waals surface area contributed by atoms with Crippen molar-refractivity contribution in [2.75, 3.05) is 24.3 Å². The zero-order valence-corrected chi connectivity index (χ0v) is 18.9. The minimum atomic E-state index is -0.704. The van der Waals surface area contributed by atoms with E-state index >= 15 is 0 Å². The van der Waals surface area contributed by atoms with Gasteiger partial charge in [-0.15, -0.1) is 0 Å². The first kappa shape index (κ1) is 22.5. The average Bonchev–Trinajstić information content (AvgIpc) is 2.76. The number of anilines is 2. The molecule has 0 unspecified atom stereocenters. The molecular formula is C24H24BrN3O3. The third-order valence-electron chi connectivity index (χ3n) is 4.66. The summed E-state index contributed by atoms with van der Waals surface area (Å²) in [6, 6.07) is 21.3. The molecule has 0 saturated heterocycles. The number of halogens is 1. The number of nitrogens with one attached hydrogen (secondary N) is 3. The third-order valence-corrected chi connectivity index (χ3v) is 5.15. The lowest BCUT2D eigenvalue weighted by Crippen LogP contribution is -2.37. The second kappa shape index (κ2) is 10.7. The van der Waals surface area contributed by atoms with Crippen LogP contribution >= 0.6 is 15.9 Å². The third kappa shape index (κ3) is 6.41. The maximum Gasteiger partial charge on any atom is 0.246 e. The number of carbonyl (C=O) groups is 2. The molecule has 6 nitrogen and oxygen atoms in total. The van der Waals surface area contributed by atoms with Gasteiger partial charge in [0.25, 0.3) is 0 Å². The Kier molecular flexibility index (Phi) is 7.81. The Morgan fingerprint density at radius 2 is 1.74 bits per heavy atom. The van der Waals surface area contributed by atoms with Gasteiger partial charge in [0.1, 0.15) is 11.8 Å². The summed E-state index contributed by atoms with van der Waals surface area (Å²) in [7, 11) is 1.57. The van der Waals surface area contributed by atoms with E-state index in [1.165, 1.54) is 0 Å². The van der Waals surface area contributed by atoms with Gasteiger partial charge in [0.05, 0.1) is 13.7 Å². The molecule has 160 valence electrons. The van der Waals surface area contributed by atoms with Crippen LogP contribution in [0.1, 0.15) is 17.2 Å². The van der Waals surface area contributed by atoms with Gasteiger partial charge < -0.3 is 15.4 Å². The minimum absolute atomic E-state index is 0.0272. The fourth-order valence-electron chi connectivity index (χ4n) is 3.08. The van der Waals surface area contributed by atoms with Crippen molar-refractivity contribution < 1.29 is 14.3 Å². The number of hydrogen-bond acceptors (Lipinski definition) is 4. The van der Waals surface area contributed by atoms with E-state index < -0.39 is 6.04 Å². The highest BCUT2D eigenvalue weighted by molar-refractivity contribution is 9.10. The van der Waals surface area contributed by atoms with Gasteiger partial charge in [-0.1, -0.05) is 52.3 Å². The Balaban J connectivity index is 1.70. The SMILES string of the molecule is COc1cccc(NC(=O)[C@@H](NCC(=O)Nc2ccc(Br)cc2C)c2ccccc2)c1. The van der Waals surface area contributed by atoms with Crippen molar-refractivity contribution >= 4 is 39.1 Å². The molecule has 3 N–H and O–H groups in total. The molecule has 0 fully saturated rings. The van der Waals surface area contributed by atoms with Gasteiger partial charge in [0.15, 0.2) is 0 Å². The van der Waals surface area contributed by atoms with Gasteiger partial charge in [-0.05, 0) is 48.4 Å². The number of methoxy groups -OCH3 is 1. The average molecular weight is 482 g/mol. The van der Waals surface area contributed by atoms with Crippen molar-refractivity contribution in [3.05, 3.63) is 88.4 Å². The number of rotatable bonds is 8. The molecule has 0 aliphatic carbocycles. The van der Waals surface area contributed by atoms with Crippen LogP contribution in [0.25, 0.3) is 0 Å². The van der Waals surface area contributed by atoms with Crippen molar-refractivity contribution in [1.29, 1.82) is 0 Å². The van der Waals surface area contributed by atoms with Gasteiger partial charge in [-0.2, -0.15) is 0 Å². The number of benzene rings is 3. The van der Waals surface area contributed by atoms with Gasteiger partial charge in [0.2, 0.25) is 11.8 Å². The normalized spacial score (nSPS) is 11.5. The molecule has 3 aromatic rings. The van der Waals surface area contributed by atoms with Gasteiger partial charge in [-0.25, -0.2) is 0 Å². The minimum Gasteiger partial charge on any atom is -0.497 e. The number of ether oxygens (including phenoxy) is 1. The Morgan fingerprint density at radius 3 is 2.45 bits per heavy atom. The van der Waals surface area contributed by atoms with Crippen LogP contribution in [0.3, 0.4) is 0 Å². The summed E-state index contributed by atoms with van der Waals surface area (Å²) in [5.74, 6) is 0.138. The molecule has 7 heteroatoms. The molecule has 0 aliphatic heterocycles. The van der Waals surface area contributed by atoms with E-state index in [1.54, 1.807) is 31.4 Å². The first-order valence-electron chi connectivity index (χ1n) is 9.75. The van der Waals surface area contributed by atoms with E-state index in [1.807, 2.05) is 55.5 Å². The number of aryl methyl sites for hydroxylation is 1. The Labute approximate surface area is 190 Å². The topological polar surface area (TPSA) is 79.5 Å². The molecule has 3 rings (SSSR count). The van der Waals surface area contributed by atoms with Crippen LogP contribution in [0.2, 0.25) is 0 Å². The lowest BCUT2D eigenvalue weighted by atomic mass is 10.1. The van der Waals surface area contributed by atoms with Crippen LogP contribution in [0.15, 0.2) is 77.3 Å². The second-order valence-electron chi connectivity index (χ2n) is 6.95. The quantitative estimate of drug-likeness (QED) is 0.436. The van der Waals surface area contributed by atoms with Crippen LogP contribution in [0, 0.1) is 6.92 Å². The van der Waals surface area contributed by atoms with Crippen molar-refractivity contribution in [2.24, 2.45) is 0 Å². The van der Waals surface area contributed by atoms with Crippen LogP contribution in [-0.2, 0) is 9.59 Å². The Bertz CT molecular complexity index is 1060. The van der Waals surface area contributed by atoms with Crippen molar-refractivity contribution in [3.63, 3.8) is 0 Å². The standard InChI is InChI=1S/C24H24BrN3O3/c1-16-13-18(25)11-12-21(16)28-22(29)15-26-23(17-7-4-3-5-8-17)24(30)27-19-9-6-10-20(14-19)31-2/h3-14,23,26H,15H2,1-2H3,(H,27,30)(H,28,29)/t23-/m0/s1. The summed E-state index contributed by atoms with van der Waals surface area (Å²) in [5.41, 5.74) is 3.04. The van der Waals surface area contributed by atoms with Crippen molar-refractivity contribution in [1.82, 2.24) is 5.32 Å².